The van der Waals surface area contributed by atoms with Gasteiger partial charge in [-0.3, -0.25) is 4.79 Å². The van der Waals surface area contributed by atoms with E-state index in [9.17, 15) is 13.2 Å². The van der Waals surface area contributed by atoms with Gasteiger partial charge in [0.15, 0.2) is 0 Å². The highest BCUT2D eigenvalue weighted by Gasteiger charge is 2.06. The Balaban J connectivity index is 2.36. The Morgan fingerprint density at radius 2 is 1.89 bits per heavy atom. The first-order valence-corrected chi connectivity index (χ1v) is 8.87. The van der Waals surface area contributed by atoms with Gasteiger partial charge in [0.05, 0.1) is 12.2 Å². The standard InChI is InChI=1S/C13H18O4S2/c1-2-19(16,17)9-3-8-18-12-6-4-11(5-7-12)10-13(14)15/h4-7H,2-3,8-10H2,1H3,(H,14,15). The van der Waals surface area contributed by atoms with Crippen molar-refractivity contribution in [2.45, 2.75) is 24.7 Å². The molecule has 1 rings (SSSR count). The van der Waals surface area contributed by atoms with E-state index in [2.05, 4.69) is 0 Å². The van der Waals surface area contributed by atoms with E-state index in [-0.39, 0.29) is 17.9 Å². The summed E-state index contributed by atoms with van der Waals surface area (Å²) in [5.74, 6) is 0.331. The number of rotatable bonds is 8. The van der Waals surface area contributed by atoms with Gasteiger partial charge in [-0.15, -0.1) is 11.8 Å². The molecule has 0 amide bonds. The largest absolute Gasteiger partial charge is 0.481 e. The van der Waals surface area contributed by atoms with Gasteiger partial charge in [0.1, 0.15) is 9.84 Å². The lowest BCUT2D eigenvalue weighted by molar-refractivity contribution is -0.136. The summed E-state index contributed by atoms with van der Waals surface area (Å²) in [6.45, 7) is 1.66. The number of carbonyl (C=O) groups is 1. The first-order valence-electron chi connectivity index (χ1n) is 6.07. The van der Waals surface area contributed by atoms with Crippen molar-refractivity contribution < 1.29 is 18.3 Å². The van der Waals surface area contributed by atoms with Crippen molar-refractivity contribution in [3.8, 4) is 0 Å². The van der Waals surface area contributed by atoms with Crippen LogP contribution in [0.15, 0.2) is 29.2 Å². The summed E-state index contributed by atoms with van der Waals surface area (Å²) < 4.78 is 22.6. The molecule has 0 aliphatic heterocycles. The van der Waals surface area contributed by atoms with Crippen molar-refractivity contribution in [1.29, 1.82) is 0 Å². The summed E-state index contributed by atoms with van der Waals surface area (Å²) in [6, 6.07) is 7.33. The maximum absolute atomic E-state index is 11.3. The van der Waals surface area contributed by atoms with E-state index in [1.165, 1.54) is 0 Å². The topological polar surface area (TPSA) is 71.4 Å². The van der Waals surface area contributed by atoms with Crippen LogP contribution in [0, 0.1) is 0 Å². The SMILES string of the molecule is CCS(=O)(=O)CCCSc1ccc(CC(=O)O)cc1. The number of carboxylic acid groups (broad SMARTS) is 1. The fourth-order valence-corrected chi connectivity index (χ4v) is 3.40. The second kappa shape index (κ2) is 7.55. The van der Waals surface area contributed by atoms with Gasteiger partial charge < -0.3 is 5.11 Å². The van der Waals surface area contributed by atoms with Gasteiger partial charge >= 0.3 is 5.97 Å². The maximum atomic E-state index is 11.3. The summed E-state index contributed by atoms with van der Waals surface area (Å²) in [4.78, 5) is 11.6. The zero-order valence-corrected chi connectivity index (χ0v) is 12.5. The molecule has 0 bridgehead atoms. The molecule has 0 heterocycles. The highest BCUT2D eigenvalue weighted by Crippen LogP contribution is 2.19. The Hall–Kier alpha value is -1.01. The van der Waals surface area contributed by atoms with Gasteiger partial charge in [-0.2, -0.15) is 0 Å². The molecule has 1 N–H and O–H groups in total. The van der Waals surface area contributed by atoms with Crippen LogP contribution in [0.4, 0.5) is 0 Å². The van der Waals surface area contributed by atoms with E-state index in [0.717, 1.165) is 16.2 Å². The lowest BCUT2D eigenvalue weighted by Crippen LogP contribution is -2.09. The summed E-state index contributed by atoms with van der Waals surface area (Å²) in [6.07, 6.45) is 0.664. The average Bonchev–Trinajstić information content (AvgIpc) is 2.36. The van der Waals surface area contributed by atoms with Gasteiger partial charge in [0.25, 0.3) is 0 Å². The third-order valence-electron chi connectivity index (χ3n) is 2.59. The molecule has 0 fully saturated rings. The third-order valence-corrected chi connectivity index (χ3v) is 5.48. The van der Waals surface area contributed by atoms with Crippen LogP contribution in [0.3, 0.4) is 0 Å². The molecule has 0 radical (unpaired) electrons. The highest BCUT2D eigenvalue weighted by atomic mass is 32.2. The van der Waals surface area contributed by atoms with E-state index >= 15 is 0 Å². The van der Waals surface area contributed by atoms with Crippen LogP contribution < -0.4 is 0 Å². The number of benzene rings is 1. The minimum Gasteiger partial charge on any atom is -0.481 e. The minimum atomic E-state index is -2.87. The molecular weight excluding hydrogens is 284 g/mol. The zero-order chi connectivity index (χ0) is 14.3. The van der Waals surface area contributed by atoms with Crippen LogP contribution in [0.5, 0.6) is 0 Å². The van der Waals surface area contributed by atoms with Crippen LogP contribution in [-0.2, 0) is 21.1 Å². The molecule has 0 saturated heterocycles. The first kappa shape index (κ1) is 16.0. The molecule has 0 aliphatic rings. The molecule has 0 spiro atoms. The molecule has 1 aromatic rings. The second-order valence-corrected chi connectivity index (χ2v) is 7.79. The number of sulfone groups is 1. The fraction of sp³-hybridized carbons (Fsp3) is 0.462. The molecule has 6 heteroatoms. The Labute approximate surface area is 118 Å². The predicted molar refractivity (Wildman–Crippen MR) is 77.5 cm³/mol. The van der Waals surface area contributed by atoms with Crippen LogP contribution in [0.25, 0.3) is 0 Å². The minimum absolute atomic E-state index is 0.0275. The quantitative estimate of drug-likeness (QED) is 0.589. The predicted octanol–water partition coefficient (Wildman–Crippen LogP) is 2.23. The van der Waals surface area contributed by atoms with Crippen LogP contribution in [-0.4, -0.2) is 36.8 Å². The lowest BCUT2D eigenvalue weighted by atomic mass is 10.2. The molecule has 106 valence electrons. The number of hydrogen-bond acceptors (Lipinski definition) is 4. The zero-order valence-electron chi connectivity index (χ0n) is 10.8. The van der Waals surface area contributed by atoms with Crippen molar-refractivity contribution >= 4 is 27.6 Å². The molecule has 0 saturated carbocycles. The summed E-state index contributed by atoms with van der Waals surface area (Å²) in [5.41, 5.74) is 0.769. The number of hydrogen-bond donors (Lipinski definition) is 1. The van der Waals surface area contributed by atoms with Crippen LogP contribution in [0.1, 0.15) is 18.9 Å². The van der Waals surface area contributed by atoms with E-state index in [0.29, 0.717) is 6.42 Å². The van der Waals surface area contributed by atoms with Crippen molar-refractivity contribution in [2.24, 2.45) is 0 Å². The Morgan fingerprint density at radius 3 is 2.42 bits per heavy atom. The number of carboxylic acids is 1. The third kappa shape index (κ3) is 6.63. The number of thioether (sulfide) groups is 1. The smallest absolute Gasteiger partial charge is 0.307 e. The Bertz CT molecular complexity index is 506. The monoisotopic (exact) mass is 302 g/mol. The fourth-order valence-electron chi connectivity index (χ4n) is 1.49. The molecule has 4 nitrogen and oxygen atoms in total. The normalized spacial score (nSPS) is 11.4. The van der Waals surface area contributed by atoms with Gasteiger partial charge in [-0.25, -0.2) is 8.42 Å². The Kier molecular flexibility index (Phi) is 6.37. The van der Waals surface area contributed by atoms with E-state index in [4.69, 9.17) is 5.11 Å². The molecular formula is C13H18O4S2. The van der Waals surface area contributed by atoms with Gasteiger partial charge in [-0.05, 0) is 29.9 Å². The van der Waals surface area contributed by atoms with Crippen LogP contribution in [0.2, 0.25) is 0 Å². The van der Waals surface area contributed by atoms with E-state index < -0.39 is 15.8 Å². The highest BCUT2D eigenvalue weighted by molar-refractivity contribution is 7.99. The maximum Gasteiger partial charge on any atom is 0.307 e. The van der Waals surface area contributed by atoms with E-state index in [1.807, 2.05) is 12.1 Å². The molecule has 0 unspecified atom stereocenters. The molecule has 0 aromatic heterocycles. The average molecular weight is 302 g/mol. The second-order valence-electron chi connectivity index (χ2n) is 4.15. The lowest BCUT2D eigenvalue weighted by Gasteiger charge is -2.03. The Morgan fingerprint density at radius 1 is 1.26 bits per heavy atom. The first-order chi connectivity index (χ1) is 8.93. The van der Waals surface area contributed by atoms with E-state index in [1.54, 1.807) is 30.8 Å². The molecule has 0 atom stereocenters. The summed E-state index contributed by atoms with van der Waals surface area (Å²) in [5, 5.41) is 8.65. The summed E-state index contributed by atoms with van der Waals surface area (Å²) >= 11 is 1.59. The molecule has 19 heavy (non-hydrogen) atoms. The molecule has 0 aliphatic carbocycles. The van der Waals surface area contributed by atoms with Crippen molar-refractivity contribution in [3.05, 3.63) is 29.8 Å². The van der Waals surface area contributed by atoms with Gasteiger partial charge in [-0.1, -0.05) is 19.1 Å². The number of aliphatic carboxylic acids is 1. The summed E-state index contributed by atoms with van der Waals surface area (Å²) in [7, 11) is -2.87. The van der Waals surface area contributed by atoms with Crippen molar-refractivity contribution in [1.82, 2.24) is 0 Å². The van der Waals surface area contributed by atoms with Gasteiger partial charge in [0.2, 0.25) is 0 Å². The van der Waals surface area contributed by atoms with Crippen molar-refractivity contribution in [3.63, 3.8) is 0 Å². The molecule has 1 aromatic carbocycles. The van der Waals surface area contributed by atoms with Crippen molar-refractivity contribution in [2.75, 3.05) is 17.3 Å². The van der Waals surface area contributed by atoms with Gasteiger partial charge in [0, 0.05) is 10.6 Å². The van der Waals surface area contributed by atoms with Crippen LogP contribution >= 0.6 is 11.8 Å².